The van der Waals surface area contributed by atoms with Gasteiger partial charge in [-0.2, -0.15) is 0 Å². The molecule has 0 aromatic heterocycles. The van der Waals surface area contributed by atoms with E-state index in [9.17, 15) is 0 Å². The van der Waals surface area contributed by atoms with Crippen LogP contribution in [0, 0.1) is 0 Å². The summed E-state index contributed by atoms with van der Waals surface area (Å²) in [5, 5.41) is 0. The number of hydrogen-bond acceptors (Lipinski definition) is 4. The van der Waals surface area contributed by atoms with Gasteiger partial charge in [-0.15, -0.1) is 0 Å². The quantitative estimate of drug-likeness (QED) is 0.893. The highest BCUT2D eigenvalue weighted by atomic mass is 16.5. The Labute approximate surface area is 120 Å². The summed E-state index contributed by atoms with van der Waals surface area (Å²) in [4.78, 5) is 2.51. The lowest BCUT2D eigenvalue weighted by Crippen LogP contribution is -2.43. The molecule has 110 valence electrons. The third kappa shape index (κ3) is 2.55. The lowest BCUT2D eigenvalue weighted by Gasteiger charge is -2.31. The van der Waals surface area contributed by atoms with Crippen molar-refractivity contribution in [1.82, 2.24) is 4.90 Å². The Kier molecular flexibility index (Phi) is 3.96. The molecule has 2 N–H and O–H groups in total. The van der Waals surface area contributed by atoms with Crippen LogP contribution in [0.2, 0.25) is 0 Å². The minimum atomic E-state index is 0.0744. The zero-order valence-electron chi connectivity index (χ0n) is 12.3. The molecule has 1 aromatic carbocycles. The molecule has 0 radical (unpaired) electrons. The van der Waals surface area contributed by atoms with Crippen LogP contribution in [-0.4, -0.2) is 43.9 Å². The van der Waals surface area contributed by atoms with E-state index in [1.54, 1.807) is 7.11 Å². The second-order valence-corrected chi connectivity index (χ2v) is 5.89. The molecule has 4 heteroatoms. The first-order valence-electron chi connectivity index (χ1n) is 7.47. The molecule has 4 nitrogen and oxygen atoms in total. The second-order valence-electron chi connectivity index (χ2n) is 5.89. The van der Waals surface area contributed by atoms with Crippen LogP contribution in [0.4, 0.5) is 0 Å². The standard InChI is InChI=1S/C16H24N2O2/c1-11-10-18(6-3-7-20-11)15-8-12-4-5-13(19-2)9-14(12)16(15)17/h4-5,9,11,15-16H,3,6-8,10,17H2,1-2H3. The van der Waals surface area contributed by atoms with Crippen LogP contribution >= 0.6 is 0 Å². The van der Waals surface area contributed by atoms with Gasteiger partial charge in [-0.05, 0) is 43.0 Å². The van der Waals surface area contributed by atoms with Crippen LogP contribution in [0.5, 0.6) is 5.75 Å². The van der Waals surface area contributed by atoms with Gasteiger partial charge in [0.1, 0.15) is 5.75 Å². The van der Waals surface area contributed by atoms with Crippen molar-refractivity contribution in [3.8, 4) is 5.75 Å². The molecular formula is C16H24N2O2. The van der Waals surface area contributed by atoms with E-state index in [-0.39, 0.29) is 6.04 Å². The molecule has 1 heterocycles. The molecular weight excluding hydrogens is 252 g/mol. The normalized spacial score (nSPS) is 30.9. The molecule has 1 aliphatic heterocycles. The fourth-order valence-corrected chi connectivity index (χ4v) is 3.44. The number of fused-ring (bicyclic) bond motifs is 1. The van der Waals surface area contributed by atoms with Crippen molar-refractivity contribution in [2.24, 2.45) is 5.73 Å². The molecule has 1 aliphatic carbocycles. The minimum absolute atomic E-state index is 0.0744. The summed E-state index contributed by atoms with van der Waals surface area (Å²) in [5.74, 6) is 0.896. The Hall–Kier alpha value is -1.10. The van der Waals surface area contributed by atoms with Gasteiger partial charge < -0.3 is 15.2 Å². The van der Waals surface area contributed by atoms with Gasteiger partial charge >= 0.3 is 0 Å². The van der Waals surface area contributed by atoms with E-state index in [1.165, 1.54) is 11.1 Å². The van der Waals surface area contributed by atoms with Crippen molar-refractivity contribution in [3.05, 3.63) is 29.3 Å². The van der Waals surface area contributed by atoms with E-state index in [0.717, 1.165) is 38.3 Å². The van der Waals surface area contributed by atoms with Crippen LogP contribution in [0.1, 0.15) is 30.5 Å². The van der Waals surface area contributed by atoms with Crippen molar-refractivity contribution in [2.45, 2.75) is 38.0 Å². The summed E-state index contributed by atoms with van der Waals surface area (Å²) in [6.45, 7) is 5.06. The number of nitrogens with two attached hydrogens (primary N) is 1. The maximum atomic E-state index is 6.50. The van der Waals surface area contributed by atoms with Crippen LogP contribution in [0.25, 0.3) is 0 Å². The highest BCUT2D eigenvalue weighted by Gasteiger charge is 2.35. The first-order chi connectivity index (χ1) is 9.69. The zero-order chi connectivity index (χ0) is 14.1. The van der Waals surface area contributed by atoms with Crippen molar-refractivity contribution in [1.29, 1.82) is 0 Å². The fraction of sp³-hybridized carbons (Fsp3) is 0.625. The number of benzene rings is 1. The first kappa shape index (κ1) is 13.9. The highest BCUT2D eigenvalue weighted by molar-refractivity contribution is 5.42. The Morgan fingerprint density at radius 3 is 3.05 bits per heavy atom. The van der Waals surface area contributed by atoms with Crippen molar-refractivity contribution in [3.63, 3.8) is 0 Å². The van der Waals surface area contributed by atoms with E-state index in [0.29, 0.717) is 12.1 Å². The third-order valence-electron chi connectivity index (χ3n) is 4.51. The number of hydrogen-bond donors (Lipinski definition) is 1. The van der Waals surface area contributed by atoms with E-state index in [2.05, 4.69) is 24.0 Å². The monoisotopic (exact) mass is 276 g/mol. The molecule has 3 atom stereocenters. The molecule has 0 spiro atoms. The van der Waals surface area contributed by atoms with Crippen LogP contribution in [-0.2, 0) is 11.2 Å². The SMILES string of the molecule is COc1ccc2c(c1)C(N)C(N1CCCOC(C)C1)C2. The summed E-state index contributed by atoms with van der Waals surface area (Å²) in [6, 6.07) is 6.75. The Balaban J connectivity index is 1.80. The van der Waals surface area contributed by atoms with Gasteiger partial charge in [0.05, 0.1) is 13.2 Å². The van der Waals surface area contributed by atoms with Gasteiger partial charge in [0.25, 0.3) is 0 Å². The molecule has 0 amide bonds. The average molecular weight is 276 g/mol. The zero-order valence-corrected chi connectivity index (χ0v) is 12.3. The number of ether oxygens (including phenoxy) is 2. The lowest BCUT2D eigenvalue weighted by molar-refractivity contribution is 0.0591. The number of nitrogens with zero attached hydrogens (tertiary/aromatic N) is 1. The summed E-state index contributed by atoms with van der Waals surface area (Å²) in [6.07, 6.45) is 2.42. The minimum Gasteiger partial charge on any atom is -0.497 e. The molecule has 1 fully saturated rings. The number of methoxy groups -OCH3 is 1. The predicted octanol–water partition coefficient (Wildman–Crippen LogP) is 1.73. The van der Waals surface area contributed by atoms with E-state index in [4.69, 9.17) is 15.2 Å². The maximum Gasteiger partial charge on any atom is 0.119 e. The third-order valence-corrected chi connectivity index (χ3v) is 4.51. The summed E-state index contributed by atoms with van der Waals surface area (Å²) in [7, 11) is 1.70. The maximum absolute atomic E-state index is 6.50. The summed E-state index contributed by atoms with van der Waals surface area (Å²) < 4.78 is 11.1. The van der Waals surface area contributed by atoms with Gasteiger partial charge in [0.2, 0.25) is 0 Å². The van der Waals surface area contributed by atoms with Gasteiger partial charge in [0.15, 0.2) is 0 Å². The van der Waals surface area contributed by atoms with Gasteiger partial charge in [-0.3, -0.25) is 4.90 Å². The van der Waals surface area contributed by atoms with E-state index < -0.39 is 0 Å². The molecule has 2 aliphatic rings. The number of rotatable bonds is 2. The second kappa shape index (κ2) is 5.72. The Morgan fingerprint density at radius 1 is 1.40 bits per heavy atom. The van der Waals surface area contributed by atoms with Gasteiger partial charge in [-0.1, -0.05) is 6.07 Å². The summed E-state index contributed by atoms with van der Waals surface area (Å²) >= 11 is 0. The summed E-state index contributed by atoms with van der Waals surface area (Å²) in [5.41, 5.74) is 9.11. The Bertz CT molecular complexity index is 478. The molecule has 3 unspecified atom stereocenters. The van der Waals surface area contributed by atoms with Crippen molar-refractivity contribution >= 4 is 0 Å². The fourth-order valence-electron chi connectivity index (χ4n) is 3.44. The molecule has 3 rings (SSSR count). The van der Waals surface area contributed by atoms with Crippen LogP contribution in [0.15, 0.2) is 18.2 Å². The van der Waals surface area contributed by atoms with E-state index in [1.807, 2.05) is 6.07 Å². The lowest BCUT2D eigenvalue weighted by atomic mass is 10.1. The first-order valence-corrected chi connectivity index (χ1v) is 7.47. The smallest absolute Gasteiger partial charge is 0.119 e. The van der Waals surface area contributed by atoms with E-state index >= 15 is 0 Å². The van der Waals surface area contributed by atoms with Crippen LogP contribution in [0.3, 0.4) is 0 Å². The van der Waals surface area contributed by atoms with Gasteiger partial charge in [0, 0.05) is 31.8 Å². The molecule has 1 aromatic rings. The largest absolute Gasteiger partial charge is 0.497 e. The molecule has 0 bridgehead atoms. The van der Waals surface area contributed by atoms with Crippen molar-refractivity contribution < 1.29 is 9.47 Å². The van der Waals surface area contributed by atoms with Gasteiger partial charge in [-0.25, -0.2) is 0 Å². The topological polar surface area (TPSA) is 47.7 Å². The van der Waals surface area contributed by atoms with Crippen molar-refractivity contribution in [2.75, 3.05) is 26.8 Å². The average Bonchev–Trinajstić information content (AvgIpc) is 2.63. The predicted molar refractivity (Wildman–Crippen MR) is 79.0 cm³/mol. The van der Waals surface area contributed by atoms with Crippen LogP contribution < -0.4 is 10.5 Å². The molecule has 0 saturated carbocycles. The Morgan fingerprint density at radius 2 is 2.25 bits per heavy atom. The highest BCUT2D eigenvalue weighted by Crippen LogP contribution is 2.35. The molecule has 20 heavy (non-hydrogen) atoms. The molecule has 1 saturated heterocycles.